The Morgan fingerprint density at radius 3 is 2.00 bits per heavy atom. The Morgan fingerprint density at radius 2 is 1.82 bits per heavy atom. The molecule has 0 aromatic carbocycles. The molecule has 0 heterocycles. The monoisotopic (exact) mass is 155 g/mol. The Balaban J connectivity index is 2.83. The highest BCUT2D eigenvalue weighted by atomic mass is 16.1. The van der Waals surface area contributed by atoms with Gasteiger partial charge >= 0.3 is 0 Å². The van der Waals surface area contributed by atoms with Crippen molar-refractivity contribution in [2.45, 2.75) is 45.1 Å². The van der Waals surface area contributed by atoms with Gasteiger partial charge < -0.3 is 10.5 Å². The number of hydrogen-bond acceptors (Lipinski definition) is 2. The molecule has 0 bridgehead atoms. The van der Waals surface area contributed by atoms with Gasteiger partial charge in [-0.1, -0.05) is 12.8 Å². The van der Waals surface area contributed by atoms with E-state index in [0.717, 1.165) is 32.0 Å². The van der Waals surface area contributed by atoms with Gasteiger partial charge in [-0.3, -0.25) is 0 Å². The summed E-state index contributed by atoms with van der Waals surface area (Å²) in [5.41, 5.74) is 5.38. The van der Waals surface area contributed by atoms with E-state index in [-0.39, 0.29) is 11.0 Å². The van der Waals surface area contributed by atoms with Gasteiger partial charge in [-0.05, 0) is 26.7 Å². The second-order valence-electron chi connectivity index (χ2n) is 4.20. The molecule has 64 valence electrons. The molecule has 2 N–H and O–H groups in total. The molecular formula is C9H17NO. The highest BCUT2D eigenvalue weighted by Crippen LogP contribution is 2.43. The van der Waals surface area contributed by atoms with E-state index in [2.05, 4.69) is 0 Å². The zero-order chi connectivity index (χ0) is 8.54. The zero-order valence-electron chi connectivity index (χ0n) is 7.39. The van der Waals surface area contributed by atoms with Crippen molar-refractivity contribution in [1.29, 1.82) is 0 Å². The highest BCUT2D eigenvalue weighted by molar-refractivity contribution is 5.62. The first kappa shape index (κ1) is 8.72. The van der Waals surface area contributed by atoms with E-state index >= 15 is 0 Å². The van der Waals surface area contributed by atoms with Gasteiger partial charge in [0.15, 0.2) is 0 Å². The predicted octanol–water partition coefficient (Wildman–Crippen LogP) is 1.48. The van der Waals surface area contributed by atoms with Crippen molar-refractivity contribution in [2.75, 3.05) is 0 Å². The molecule has 0 unspecified atom stereocenters. The summed E-state index contributed by atoms with van der Waals surface area (Å²) in [6.07, 6.45) is 5.32. The standard InChI is InChI=1S/C9H17NO/c1-8(2,10)9(7-11)5-3-4-6-9/h7H,3-6,10H2,1-2H3. The summed E-state index contributed by atoms with van der Waals surface area (Å²) < 4.78 is 0. The summed E-state index contributed by atoms with van der Waals surface area (Å²) in [5, 5.41) is 0. The lowest BCUT2D eigenvalue weighted by molar-refractivity contribution is -0.118. The van der Waals surface area contributed by atoms with Crippen LogP contribution in [0.4, 0.5) is 0 Å². The summed E-state index contributed by atoms with van der Waals surface area (Å²) in [6.45, 7) is 3.90. The molecule has 0 spiro atoms. The fraction of sp³-hybridized carbons (Fsp3) is 0.889. The van der Waals surface area contributed by atoms with E-state index < -0.39 is 0 Å². The lowest BCUT2D eigenvalue weighted by atomic mass is 9.72. The van der Waals surface area contributed by atoms with Crippen molar-refractivity contribution in [1.82, 2.24) is 0 Å². The van der Waals surface area contributed by atoms with Crippen LogP contribution in [0, 0.1) is 5.41 Å². The van der Waals surface area contributed by atoms with Crippen LogP contribution in [0.3, 0.4) is 0 Å². The first-order chi connectivity index (χ1) is 5.02. The van der Waals surface area contributed by atoms with E-state index in [9.17, 15) is 4.79 Å². The van der Waals surface area contributed by atoms with Crippen molar-refractivity contribution in [3.8, 4) is 0 Å². The van der Waals surface area contributed by atoms with Crippen LogP contribution >= 0.6 is 0 Å². The third-order valence-corrected chi connectivity index (χ3v) is 3.00. The van der Waals surface area contributed by atoms with Crippen LogP contribution in [0.1, 0.15) is 39.5 Å². The normalized spacial score (nSPS) is 23.5. The minimum atomic E-state index is -0.342. The van der Waals surface area contributed by atoms with Gasteiger partial charge in [-0.2, -0.15) is 0 Å². The van der Waals surface area contributed by atoms with E-state index in [1.165, 1.54) is 0 Å². The molecule has 11 heavy (non-hydrogen) atoms. The van der Waals surface area contributed by atoms with Crippen LogP contribution in [0.2, 0.25) is 0 Å². The molecule has 1 aliphatic rings. The first-order valence-corrected chi connectivity index (χ1v) is 4.27. The lowest BCUT2D eigenvalue weighted by Gasteiger charge is -2.36. The van der Waals surface area contributed by atoms with Crippen LogP contribution < -0.4 is 5.73 Å². The summed E-state index contributed by atoms with van der Waals surface area (Å²) in [5.74, 6) is 0. The van der Waals surface area contributed by atoms with E-state index in [1.807, 2.05) is 13.8 Å². The number of carbonyl (C=O) groups is 1. The van der Waals surface area contributed by atoms with Gasteiger partial charge in [-0.25, -0.2) is 0 Å². The van der Waals surface area contributed by atoms with Gasteiger partial charge in [0.25, 0.3) is 0 Å². The van der Waals surface area contributed by atoms with Crippen molar-refractivity contribution >= 4 is 6.29 Å². The van der Waals surface area contributed by atoms with E-state index in [0.29, 0.717) is 0 Å². The largest absolute Gasteiger partial charge is 0.325 e. The van der Waals surface area contributed by atoms with Gasteiger partial charge in [-0.15, -0.1) is 0 Å². The highest BCUT2D eigenvalue weighted by Gasteiger charge is 2.44. The first-order valence-electron chi connectivity index (χ1n) is 4.27. The lowest BCUT2D eigenvalue weighted by Crippen LogP contribution is -2.50. The maximum absolute atomic E-state index is 10.9. The molecule has 0 aliphatic heterocycles. The minimum Gasteiger partial charge on any atom is -0.325 e. The van der Waals surface area contributed by atoms with Gasteiger partial charge in [0, 0.05) is 11.0 Å². The van der Waals surface area contributed by atoms with Gasteiger partial charge in [0.1, 0.15) is 6.29 Å². The summed E-state index contributed by atoms with van der Waals surface area (Å²) in [6, 6.07) is 0. The van der Waals surface area contributed by atoms with Crippen LogP contribution in [0.25, 0.3) is 0 Å². The molecule has 1 saturated carbocycles. The predicted molar refractivity (Wildman–Crippen MR) is 45.2 cm³/mol. The molecule has 0 atom stereocenters. The van der Waals surface area contributed by atoms with Gasteiger partial charge in [0.05, 0.1) is 0 Å². The van der Waals surface area contributed by atoms with Crippen molar-refractivity contribution in [3.63, 3.8) is 0 Å². The quantitative estimate of drug-likeness (QED) is 0.614. The van der Waals surface area contributed by atoms with E-state index in [1.54, 1.807) is 0 Å². The van der Waals surface area contributed by atoms with Crippen LogP contribution in [-0.4, -0.2) is 11.8 Å². The third kappa shape index (κ3) is 1.32. The number of aldehydes is 1. The molecule has 1 fully saturated rings. The van der Waals surface area contributed by atoms with Gasteiger partial charge in [0.2, 0.25) is 0 Å². The number of carbonyl (C=O) groups excluding carboxylic acids is 1. The molecule has 2 heteroatoms. The maximum Gasteiger partial charge on any atom is 0.127 e. The minimum absolute atomic E-state index is 0.229. The molecule has 1 aliphatic carbocycles. The number of hydrogen-bond donors (Lipinski definition) is 1. The topological polar surface area (TPSA) is 43.1 Å². The molecule has 0 aromatic rings. The molecule has 0 radical (unpaired) electrons. The van der Waals surface area contributed by atoms with Crippen LogP contribution in [0.15, 0.2) is 0 Å². The van der Waals surface area contributed by atoms with Crippen LogP contribution in [-0.2, 0) is 4.79 Å². The fourth-order valence-corrected chi connectivity index (χ4v) is 1.92. The SMILES string of the molecule is CC(C)(N)C1(C=O)CCCC1. The second kappa shape index (κ2) is 2.59. The smallest absolute Gasteiger partial charge is 0.127 e. The molecule has 0 aromatic heterocycles. The van der Waals surface area contributed by atoms with Crippen molar-refractivity contribution < 1.29 is 4.79 Å². The Labute approximate surface area is 68.2 Å². The third-order valence-electron chi connectivity index (χ3n) is 3.00. The van der Waals surface area contributed by atoms with Crippen LogP contribution in [0.5, 0.6) is 0 Å². The van der Waals surface area contributed by atoms with Crippen molar-refractivity contribution in [3.05, 3.63) is 0 Å². The summed E-state index contributed by atoms with van der Waals surface area (Å²) >= 11 is 0. The molecular weight excluding hydrogens is 138 g/mol. The second-order valence-corrected chi connectivity index (χ2v) is 4.20. The maximum atomic E-state index is 10.9. The fourth-order valence-electron chi connectivity index (χ4n) is 1.92. The Kier molecular flexibility index (Phi) is 2.06. The average molecular weight is 155 g/mol. The summed E-state index contributed by atoms with van der Waals surface area (Å²) in [4.78, 5) is 10.9. The number of nitrogens with two attached hydrogens (primary N) is 1. The Morgan fingerprint density at radius 1 is 1.36 bits per heavy atom. The molecule has 1 rings (SSSR count). The van der Waals surface area contributed by atoms with Crippen molar-refractivity contribution in [2.24, 2.45) is 11.1 Å². The van der Waals surface area contributed by atoms with E-state index in [4.69, 9.17) is 5.73 Å². The summed E-state index contributed by atoms with van der Waals surface area (Å²) in [7, 11) is 0. The average Bonchev–Trinajstić information content (AvgIpc) is 2.33. The molecule has 0 amide bonds. The molecule has 0 saturated heterocycles. The number of rotatable bonds is 2. The molecule has 2 nitrogen and oxygen atoms in total. The Bertz CT molecular complexity index is 151. The zero-order valence-corrected chi connectivity index (χ0v) is 7.39. The Hall–Kier alpha value is -0.370.